The number of hydrogen-bond donors (Lipinski definition) is 4. The molecule has 0 radical (unpaired) electrons. The molecule has 1 aliphatic heterocycles. The molecule has 0 atom stereocenters. The molecule has 1 saturated heterocycles. The van der Waals surface area contributed by atoms with E-state index >= 15 is 4.39 Å². The molecule has 9 nitrogen and oxygen atoms in total. The molecule has 0 amide bonds. The number of nitrogens with one attached hydrogen (secondary N) is 3. The number of thiazole rings is 1. The van der Waals surface area contributed by atoms with Gasteiger partial charge in [0.2, 0.25) is 16.0 Å². The summed E-state index contributed by atoms with van der Waals surface area (Å²) in [5.41, 5.74) is 0.895. The molecule has 12 heteroatoms. The molecule has 1 fully saturated rings. The topological polar surface area (TPSA) is 129 Å². The molecule has 0 spiro atoms. The van der Waals surface area contributed by atoms with Crippen LogP contribution >= 0.6 is 11.3 Å². The zero-order valence-electron chi connectivity index (χ0n) is 20.3. The zero-order valence-corrected chi connectivity index (χ0v) is 22.0. The third kappa shape index (κ3) is 5.83. The number of anilines is 2. The molecule has 3 aromatic rings. The zero-order chi connectivity index (χ0) is 25.8. The molecule has 194 valence electrons. The summed E-state index contributed by atoms with van der Waals surface area (Å²) in [6, 6.07) is 6.37. The van der Waals surface area contributed by atoms with E-state index in [-0.39, 0.29) is 29.0 Å². The highest BCUT2D eigenvalue weighted by molar-refractivity contribution is 7.92. The number of aliphatic hydroxyl groups excluding tert-OH is 1. The van der Waals surface area contributed by atoms with Gasteiger partial charge in [-0.3, -0.25) is 4.72 Å². The molecule has 1 aromatic carbocycles. The van der Waals surface area contributed by atoms with Crippen LogP contribution in [0.5, 0.6) is 0 Å². The van der Waals surface area contributed by atoms with Gasteiger partial charge < -0.3 is 15.7 Å². The molecule has 0 aliphatic carbocycles. The number of hydrogen-bond acceptors (Lipinski definition) is 9. The largest absolute Gasteiger partial charge is 0.395 e. The molecule has 36 heavy (non-hydrogen) atoms. The second-order valence-corrected chi connectivity index (χ2v) is 11.9. The number of aromatic nitrogens is 3. The van der Waals surface area contributed by atoms with E-state index in [1.165, 1.54) is 17.4 Å². The van der Waals surface area contributed by atoms with E-state index in [2.05, 4.69) is 32.2 Å². The number of halogens is 1. The molecule has 2 aromatic heterocycles. The van der Waals surface area contributed by atoms with Crippen molar-refractivity contribution in [2.45, 2.75) is 38.5 Å². The standard InChI is InChI=1S/C24H31FN6O3S2/c1-3-15-36(33,34)31-17-6-4-5-16(19(17)25)20-21(18-7-10-27-23(29-18)28-13-14-32)35-22(30-20)24(2)8-11-26-12-9-24/h4-7,10,26,31-32H,3,8-9,11-15H2,1-2H3,(H,27,28,29). The van der Waals surface area contributed by atoms with Gasteiger partial charge in [-0.15, -0.1) is 11.3 Å². The van der Waals surface area contributed by atoms with Crippen molar-refractivity contribution < 1.29 is 17.9 Å². The minimum atomic E-state index is -3.67. The summed E-state index contributed by atoms with van der Waals surface area (Å²) >= 11 is 1.47. The fraction of sp³-hybridized carbons (Fsp3) is 0.458. The van der Waals surface area contributed by atoms with E-state index in [4.69, 9.17) is 10.1 Å². The number of nitrogens with zero attached hydrogens (tertiary/aromatic N) is 3. The van der Waals surface area contributed by atoms with Gasteiger partial charge in [0.1, 0.15) is 0 Å². The van der Waals surface area contributed by atoms with Gasteiger partial charge >= 0.3 is 0 Å². The number of benzene rings is 1. The lowest BCUT2D eigenvalue weighted by atomic mass is 9.82. The van der Waals surface area contributed by atoms with Crippen LogP contribution in [0, 0.1) is 5.82 Å². The van der Waals surface area contributed by atoms with Crippen molar-refractivity contribution in [2.24, 2.45) is 0 Å². The minimum Gasteiger partial charge on any atom is -0.395 e. The Balaban J connectivity index is 1.83. The molecule has 4 rings (SSSR count). The van der Waals surface area contributed by atoms with Crippen LogP contribution < -0.4 is 15.4 Å². The predicted octanol–water partition coefficient (Wildman–Crippen LogP) is 3.60. The normalized spacial score (nSPS) is 15.6. The van der Waals surface area contributed by atoms with E-state index in [1.54, 1.807) is 31.3 Å². The average molecular weight is 535 g/mol. The maximum atomic E-state index is 15.8. The fourth-order valence-corrected chi connectivity index (χ4v) is 6.53. The van der Waals surface area contributed by atoms with Crippen molar-refractivity contribution in [1.29, 1.82) is 0 Å². The quantitative estimate of drug-likeness (QED) is 0.311. The van der Waals surface area contributed by atoms with E-state index in [0.717, 1.165) is 30.9 Å². The van der Waals surface area contributed by atoms with E-state index < -0.39 is 15.8 Å². The highest BCUT2D eigenvalue weighted by Gasteiger charge is 2.34. The Morgan fingerprint density at radius 3 is 2.72 bits per heavy atom. The van der Waals surface area contributed by atoms with Crippen molar-refractivity contribution in [2.75, 3.05) is 42.0 Å². The van der Waals surface area contributed by atoms with Gasteiger partial charge in [0.05, 0.1) is 39.3 Å². The van der Waals surface area contributed by atoms with Crippen LogP contribution in [0.15, 0.2) is 30.5 Å². The van der Waals surface area contributed by atoms with Gasteiger partial charge in [-0.05, 0) is 50.6 Å². The lowest BCUT2D eigenvalue weighted by Crippen LogP contribution is -2.37. The van der Waals surface area contributed by atoms with Crippen LogP contribution in [0.4, 0.5) is 16.0 Å². The third-order valence-electron chi connectivity index (χ3n) is 6.13. The lowest BCUT2D eigenvalue weighted by Gasteiger charge is -2.32. The second-order valence-electron chi connectivity index (χ2n) is 9.01. The molecular weight excluding hydrogens is 503 g/mol. The van der Waals surface area contributed by atoms with E-state index in [0.29, 0.717) is 35.2 Å². The number of sulfonamides is 1. The van der Waals surface area contributed by atoms with Crippen molar-refractivity contribution >= 4 is 33.0 Å². The van der Waals surface area contributed by atoms with Crippen LogP contribution in [-0.4, -0.2) is 60.5 Å². The van der Waals surface area contributed by atoms with Crippen LogP contribution in [-0.2, 0) is 15.4 Å². The highest BCUT2D eigenvalue weighted by Crippen LogP contribution is 2.44. The number of aliphatic hydroxyl groups is 1. The van der Waals surface area contributed by atoms with Crippen LogP contribution in [0.1, 0.15) is 38.1 Å². The summed E-state index contributed by atoms with van der Waals surface area (Å²) in [5, 5.41) is 16.3. The molecule has 3 heterocycles. The smallest absolute Gasteiger partial charge is 0.232 e. The van der Waals surface area contributed by atoms with Crippen molar-refractivity contribution in [3.63, 3.8) is 0 Å². The molecular formula is C24H31FN6O3S2. The summed E-state index contributed by atoms with van der Waals surface area (Å²) in [6.07, 6.45) is 3.81. The summed E-state index contributed by atoms with van der Waals surface area (Å²) in [5.74, 6) is -0.435. The summed E-state index contributed by atoms with van der Waals surface area (Å²) < 4.78 is 42.8. The highest BCUT2D eigenvalue weighted by atomic mass is 32.2. The van der Waals surface area contributed by atoms with Crippen molar-refractivity contribution in [1.82, 2.24) is 20.3 Å². The first kappa shape index (κ1) is 26.4. The number of rotatable bonds is 10. The Labute approximate surface area is 214 Å². The molecule has 0 bridgehead atoms. The summed E-state index contributed by atoms with van der Waals surface area (Å²) in [4.78, 5) is 14.4. The van der Waals surface area contributed by atoms with Crippen LogP contribution in [0.2, 0.25) is 0 Å². The van der Waals surface area contributed by atoms with E-state index in [9.17, 15) is 8.42 Å². The first-order chi connectivity index (χ1) is 17.3. The minimum absolute atomic E-state index is 0.0676. The van der Waals surface area contributed by atoms with E-state index in [1.807, 2.05) is 0 Å². The molecule has 0 unspecified atom stereocenters. The second kappa shape index (κ2) is 11.2. The first-order valence-electron chi connectivity index (χ1n) is 12.0. The number of piperidine rings is 1. The Bertz CT molecular complexity index is 1310. The average Bonchev–Trinajstić information content (AvgIpc) is 3.31. The predicted molar refractivity (Wildman–Crippen MR) is 141 cm³/mol. The Morgan fingerprint density at radius 2 is 2.00 bits per heavy atom. The monoisotopic (exact) mass is 534 g/mol. The summed E-state index contributed by atoms with van der Waals surface area (Å²) in [6.45, 7) is 5.88. The van der Waals surface area contributed by atoms with Gasteiger partial charge in [-0.1, -0.05) is 19.9 Å². The van der Waals surface area contributed by atoms with Crippen molar-refractivity contribution in [3.05, 3.63) is 41.3 Å². The van der Waals surface area contributed by atoms with Gasteiger partial charge in [0.15, 0.2) is 5.82 Å². The van der Waals surface area contributed by atoms with Gasteiger partial charge in [-0.2, -0.15) is 0 Å². The maximum absolute atomic E-state index is 15.8. The summed E-state index contributed by atoms with van der Waals surface area (Å²) in [7, 11) is -3.67. The Hall–Kier alpha value is -2.67. The molecule has 1 aliphatic rings. The van der Waals surface area contributed by atoms with Gasteiger partial charge in [-0.25, -0.2) is 27.8 Å². The Morgan fingerprint density at radius 1 is 1.22 bits per heavy atom. The third-order valence-corrected chi connectivity index (χ3v) is 8.99. The van der Waals surface area contributed by atoms with Crippen LogP contribution in [0.25, 0.3) is 21.8 Å². The van der Waals surface area contributed by atoms with Crippen LogP contribution in [0.3, 0.4) is 0 Å². The first-order valence-corrected chi connectivity index (χ1v) is 14.4. The fourth-order valence-electron chi connectivity index (χ4n) is 4.15. The maximum Gasteiger partial charge on any atom is 0.232 e. The lowest BCUT2D eigenvalue weighted by molar-refractivity contribution is 0.311. The van der Waals surface area contributed by atoms with Crippen molar-refractivity contribution in [3.8, 4) is 21.8 Å². The Kier molecular flexibility index (Phi) is 8.18. The van der Waals surface area contributed by atoms with Gasteiger partial charge in [0.25, 0.3) is 0 Å². The molecule has 4 N–H and O–H groups in total. The SMILES string of the molecule is CCCS(=O)(=O)Nc1cccc(-c2nc(C3(C)CCNCC3)sc2-c2ccnc(NCCO)n2)c1F. The molecule has 0 saturated carbocycles. The van der Waals surface area contributed by atoms with Gasteiger partial charge in [0, 0.05) is 23.7 Å².